The monoisotopic (exact) mass is 379 g/mol. The molecule has 0 unspecified atom stereocenters. The SMILES string of the molecule is CC(C)Cc1nc2ccccc2n1[C@@H](C)C(=O)N1CCc2c(nc[nH]c2=O)C1. The zero-order chi connectivity index (χ0) is 19.8. The Kier molecular flexibility index (Phi) is 4.75. The zero-order valence-corrected chi connectivity index (χ0v) is 16.5. The van der Waals surface area contributed by atoms with Gasteiger partial charge < -0.3 is 14.5 Å². The molecule has 0 aliphatic carbocycles. The summed E-state index contributed by atoms with van der Waals surface area (Å²) in [5.41, 5.74) is 3.16. The maximum absolute atomic E-state index is 13.3. The Balaban J connectivity index is 1.67. The number of para-hydroxylation sites is 2. The number of aromatic amines is 1. The number of nitrogens with zero attached hydrogens (tertiary/aromatic N) is 4. The summed E-state index contributed by atoms with van der Waals surface area (Å²) in [7, 11) is 0. The molecular formula is C21H25N5O2. The molecule has 3 aromatic rings. The first-order chi connectivity index (χ1) is 13.5. The molecule has 2 aromatic heterocycles. The fourth-order valence-electron chi connectivity index (χ4n) is 3.96. The molecule has 0 saturated heterocycles. The third-order valence-electron chi connectivity index (χ3n) is 5.33. The number of nitrogens with one attached hydrogen (secondary N) is 1. The van der Waals surface area contributed by atoms with Crippen LogP contribution < -0.4 is 5.56 Å². The van der Waals surface area contributed by atoms with E-state index in [2.05, 4.69) is 28.4 Å². The van der Waals surface area contributed by atoms with Crippen LogP contribution >= 0.6 is 0 Å². The lowest BCUT2D eigenvalue weighted by molar-refractivity contribution is -0.135. The number of aromatic nitrogens is 4. The number of benzene rings is 1. The van der Waals surface area contributed by atoms with Crippen molar-refractivity contribution in [2.45, 2.75) is 46.2 Å². The van der Waals surface area contributed by atoms with Gasteiger partial charge in [-0.15, -0.1) is 0 Å². The Morgan fingerprint density at radius 1 is 1.25 bits per heavy atom. The second-order valence-electron chi connectivity index (χ2n) is 7.83. The largest absolute Gasteiger partial charge is 0.335 e. The number of fused-ring (bicyclic) bond motifs is 2. The first kappa shape index (κ1) is 18.4. The highest BCUT2D eigenvalue weighted by atomic mass is 16.2. The van der Waals surface area contributed by atoms with Gasteiger partial charge in [-0.25, -0.2) is 9.97 Å². The van der Waals surface area contributed by atoms with Crippen molar-refractivity contribution in [2.75, 3.05) is 6.54 Å². The highest BCUT2D eigenvalue weighted by Crippen LogP contribution is 2.25. The second-order valence-corrected chi connectivity index (χ2v) is 7.83. The van der Waals surface area contributed by atoms with E-state index in [4.69, 9.17) is 4.98 Å². The molecule has 0 bridgehead atoms. The van der Waals surface area contributed by atoms with Crippen molar-refractivity contribution in [2.24, 2.45) is 5.92 Å². The lowest BCUT2D eigenvalue weighted by Crippen LogP contribution is -2.42. The molecule has 0 radical (unpaired) electrons. The topological polar surface area (TPSA) is 83.9 Å². The summed E-state index contributed by atoms with van der Waals surface area (Å²) in [6.45, 7) is 7.13. The highest BCUT2D eigenvalue weighted by Gasteiger charge is 2.29. The minimum absolute atomic E-state index is 0.0286. The van der Waals surface area contributed by atoms with Crippen LogP contribution in [-0.4, -0.2) is 36.9 Å². The first-order valence-corrected chi connectivity index (χ1v) is 9.75. The number of carbonyl (C=O) groups is 1. The van der Waals surface area contributed by atoms with Gasteiger partial charge in [-0.05, 0) is 31.4 Å². The van der Waals surface area contributed by atoms with Gasteiger partial charge in [0.1, 0.15) is 11.9 Å². The average molecular weight is 379 g/mol. The predicted molar refractivity (Wildman–Crippen MR) is 107 cm³/mol. The molecule has 0 fully saturated rings. The summed E-state index contributed by atoms with van der Waals surface area (Å²) in [6.07, 6.45) is 2.75. The van der Waals surface area contributed by atoms with Gasteiger partial charge >= 0.3 is 0 Å². The third kappa shape index (κ3) is 3.21. The Labute approximate surface area is 163 Å². The molecule has 1 amide bonds. The van der Waals surface area contributed by atoms with Crippen molar-refractivity contribution in [3.8, 4) is 0 Å². The van der Waals surface area contributed by atoms with Gasteiger partial charge in [0.2, 0.25) is 5.91 Å². The maximum atomic E-state index is 13.3. The summed E-state index contributed by atoms with van der Waals surface area (Å²) < 4.78 is 2.07. The van der Waals surface area contributed by atoms with E-state index in [1.807, 2.05) is 31.2 Å². The summed E-state index contributed by atoms with van der Waals surface area (Å²) >= 11 is 0. The Bertz CT molecular complexity index is 1080. The van der Waals surface area contributed by atoms with Crippen molar-refractivity contribution < 1.29 is 4.79 Å². The molecular weight excluding hydrogens is 354 g/mol. The maximum Gasteiger partial charge on any atom is 0.254 e. The first-order valence-electron chi connectivity index (χ1n) is 9.75. The van der Waals surface area contributed by atoms with E-state index < -0.39 is 0 Å². The average Bonchev–Trinajstić information content (AvgIpc) is 3.03. The van der Waals surface area contributed by atoms with Crippen LogP contribution in [0.3, 0.4) is 0 Å². The fraction of sp³-hybridized carbons (Fsp3) is 0.429. The van der Waals surface area contributed by atoms with Crippen LogP contribution in [0.5, 0.6) is 0 Å². The summed E-state index contributed by atoms with van der Waals surface area (Å²) in [4.78, 5) is 38.7. The Morgan fingerprint density at radius 3 is 2.82 bits per heavy atom. The fourth-order valence-corrected chi connectivity index (χ4v) is 3.96. The number of amides is 1. The van der Waals surface area contributed by atoms with Crippen LogP contribution in [0, 0.1) is 5.92 Å². The molecule has 7 nitrogen and oxygen atoms in total. The van der Waals surface area contributed by atoms with E-state index in [1.54, 1.807) is 4.90 Å². The van der Waals surface area contributed by atoms with Crippen LogP contribution in [0.15, 0.2) is 35.4 Å². The Hall–Kier alpha value is -2.96. The number of hydrogen-bond donors (Lipinski definition) is 1. The van der Waals surface area contributed by atoms with Gasteiger partial charge in [-0.3, -0.25) is 9.59 Å². The molecule has 1 aromatic carbocycles. The van der Waals surface area contributed by atoms with Crippen molar-refractivity contribution >= 4 is 16.9 Å². The summed E-state index contributed by atoms with van der Waals surface area (Å²) in [5, 5.41) is 0. The number of hydrogen-bond acceptors (Lipinski definition) is 4. The summed E-state index contributed by atoms with van der Waals surface area (Å²) in [5.74, 6) is 1.40. The van der Waals surface area contributed by atoms with E-state index >= 15 is 0 Å². The lowest BCUT2D eigenvalue weighted by Gasteiger charge is -2.30. The number of H-pyrrole nitrogens is 1. The van der Waals surface area contributed by atoms with Gasteiger partial charge in [0.25, 0.3) is 5.56 Å². The van der Waals surface area contributed by atoms with Crippen LogP contribution in [0.1, 0.15) is 43.9 Å². The molecule has 0 saturated carbocycles. The lowest BCUT2D eigenvalue weighted by atomic mass is 10.1. The van der Waals surface area contributed by atoms with Crippen molar-refractivity contribution in [3.63, 3.8) is 0 Å². The molecule has 28 heavy (non-hydrogen) atoms. The number of rotatable bonds is 4. The predicted octanol–water partition coefficient (Wildman–Crippen LogP) is 2.46. The quantitative estimate of drug-likeness (QED) is 0.755. The minimum Gasteiger partial charge on any atom is -0.335 e. The number of imidazole rings is 1. The van der Waals surface area contributed by atoms with Crippen LogP contribution in [0.4, 0.5) is 0 Å². The van der Waals surface area contributed by atoms with Gasteiger partial charge in [0, 0.05) is 18.5 Å². The summed E-state index contributed by atoms with van der Waals surface area (Å²) in [6, 6.07) is 7.58. The van der Waals surface area contributed by atoms with E-state index in [0.29, 0.717) is 36.7 Å². The zero-order valence-electron chi connectivity index (χ0n) is 16.5. The molecule has 4 rings (SSSR count). The molecule has 1 aliphatic rings. The van der Waals surface area contributed by atoms with Gasteiger partial charge in [0.15, 0.2) is 0 Å². The van der Waals surface area contributed by atoms with E-state index in [-0.39, 0.29) is 17.5 Å². The van der Waals surface area contributed by atoms with Gasteiger partial charge in [-0.1, -0.05) is 26.0 Å². The third-order valence-corrected chi connectivity index (χ3v) is 5.33. The molecule has 0 spiro atoms. The molecule has 1 aliphatic heterocycles. The van der Waals surface area contributed by atoms with E-state index in [0.717, 1.165) is 23.3 Å². The molecule has 146 valence electrons. The molecule has 3 heterocycles. The van der Waals surface area contributed by atoms with Crippen molar-refractivity contribution in [3.05, 3.63) is 58.0 Å². The van der Waals surface area contributed by atoms with Gasteiger partial charge in [0.05, 0.1) is 29.6 Å². The normalized spacial score (nSPS) is 15.1. The van der Waals surface area contributed by atoms with Gasteiger partial charge in [-0.2, -0.15) is 0 Å². The van der Waals surface area contributed by atoms with Crippen molar-refractivity contribution in [1.82, 2.24) is 24.4 Å². The van der Waals surface area contributed by atoms with Crippen molar-refractivity contribution in [1.29, 1.82) is 0 Å². The number of carbonyl (C=O) groups excluding carboxylic acids is 1. The van der Waals surface area contributed by atoms with Crippen LogP contribution in [0.25, 0.3) is 11.0 Å². The van der Waals surface area contributed by atoms with Crippen LogP contribution in [-0.2, 0) is 24.2 Å². The van der Waals surface area contributed by atoms with E-state index in [1.165, 1.54) is 6.33 Å². The molecule has 1 atom stereocenters. The molecule has 7 heteroatoms. The van der Waals surface area contributed by atoms with E-state index in [9.17, 15) is 9.59 Å². The smallest absolute Gasteiger partial charge is 0.254 e. The highest BCUT2D eigenvalue weighted by molar-refractivity contribution is 5.84. The Morgan fingerprint density at radius 2 is 2.04 bits per heavy atom. The second kappa shape index (κ2) is 7.22. The van der Waals surface area contributed by atoms with Crippen LogP contribution in [0.2, 0.25) is 0 Å². The standard InChI is InChI=1S/C21H25N5O2/c1-13(2)10-19-24-16-6-4-5-7-18(16)26(19)14(3)21(28)25-9-8-15-17(11-25)22-12-23-20(15)27/h4-7,12-14H,8-11H2,1-3H3,(H,22,23,27)/t14-/m0/s1. The molecule has 1 N–H and O–H groups in total. The minimum atomic E-state index is -0.371.